The van der Waals surface area contributed by atoms with Crippen LogP contribution in [0.3, 0.4) is 0 Å². The highest BCUT2D eigenvalue weighted by Gasteiger charge is 2.23. The fourth-order valence-electron chi connectivity index (χ4n) is 2.55. The number of anilines is 1. The van der Waals surface area contributed by atoms with Crippen molar-refractivity contribution in [2.24, 2.45) is 7.05 Å². The molecule has 1 atom stereocenters. The van der Waals surface area contributed by atoms with Crippen molar-refractivity contribution in [3.8, 4) is 0 Å². The van der Waals surface area contributed by atoms with Gasteiger partial charge in [-0.15, -0.1) is 11.8 Å². The third kappa shape index (κ3) is 3.32. The molecule has 1 saturated carbocycles. The van der Waals surface area contributed by atoms with E-state index in [2.05, 4.69) is 10.4 Å². The van der Waals surface area contributed by atoms with Gasteiger partial charge in [-0.25, -0.2) is 0 Å². The molecule has 0 spiro atoms. The molecule has 1 N–H and O–H groups in total. The number of nitrogens with one attached hydrogen (secondary N) is 1. The number of hydrogen-bond donors (Lipinski definition) is 1. The lowest BCUT2D eigenvalue weighted by Crippen LogP contribution is -2.24. The Morgan fingerprint density at radius 3 is 2.58 bits per heavy atom. The van der Waals surface area contributed by atoms with Crippen LogP contribution < -0.4 is 5.32 Å². The van der Waals surface area contributed by atoms with Gasteiger partial charge in [0.1, 0.15) is 0 Å². The Kier molecular flexibility index (Phi) is 4.55. The molecular weight excluding hydrogens is 258 g/mol. The van der Waals surface area contributed by atoms with Gasteiger partial charge in [-0.05, 0) is 33.6 Å². The number of carbonyl (C=O) groups is 1. The molecule has 0 aliphatic heterocycles. The quantitative estimate of drug-likeness (QED) is 0.922. The molecule has 1 aliphatic carbocycles. The molecule has 1 aromatic rings. The van der Waals surface area contributed by atoms with Crippen LogP contribution in [0.1, 0.15) is 44.0 Å². The van der Waals surface area contributed by atoms with Gasteiger partial charge in [0, 0.05) is 12.3 Å². The van der Waals surface area contributed by atoms with E-state index in [1.165, 1.54) is 25.7 Å². The molecule has 1 fully saturated rings. The van der Waals surface area contributed by atoms with E-state index in [0.29, 0.717) is 5.25 Å². The Hall–Kier alpha value is -0.970. The predicted molar refractivity (Wildman–Crippen MR) is 80.6 cm³/mol. The van der Waals surface area contributed by atoms with Crippen molar-refractivity contribution >= 4 is 23.4 Å². The Balaban J connectivity index is 1.96. The highest BCUT2D eigenvalue weighted by Crippen LogP contribution is 2.32. The summed E-state index contributed by atoms with van der Waals surface area (Å²) >= 11 is 1.81. The van der Waals surface area contributed by atoms with Crippen molar-refractivity contribution in [1.29, 1.82) is 0 Å². The normalized spacial score (nSPS) is 17.7. The van der Waals surface area contributed by atoms with Gasteiger partial charge in [0.15, 0.2) is 0 Å². The number of nitrogens with zero attached hydrogens (tertiary/aromatic N) is 2. The number of aryl methyl sites for hydroxylation is 2. The smallest absolute Gasteiger partial charge is 0.237 e. The molecule has 2 rings (SSSR count). The number of thioether (sulfide) groups is 1. The summed E-state index contributed by atoms with van der Waals surface area (Å²) in [5, 5.41) is 8.02. The van der Waals surface area contributed by atoms with Crippen molar-refractivity contribution in [3.05, 3.63) is 11.4 Å². The maximum atomic E-state index is 12.2. The summed E-state index contributed by atoms with van der Waals surface area (Å²) in [5.41, 5.74) is 2.75. The van der Waals surface area contributed by atoms with Crippen LogP contribution >= 0.6 is 11.8 Å². The van der Waals surface area contributed by atoms with Crippen LogP contribution in [0.25, 0.3) is 0 Å². The highest BCUT2D eigenvalue weighted by molar-refractivity contribution is 8.01. The first kappa shape index (κ1) is 14.4. The average Bonchev–Trinajstić information content (AvgIpc) is 2.94. The number of hydrogen-bond acceptors (Lipinski definition) is 3. The zero-order chi connectivity index (χ0) is 14.0. The van der Waals surface area contributed by atoms with Crippen molar-refractivity contribution < 1.29 is 4.79 Å². The third-order valence-corrected chi connectivity index (χ3v) is 5.30. The maximum Gasteiger partial charge on any atom is 0.237 e. The molecule has 5 heteroatoms. The average molecular weight is 281 g/mol. The summed E-state index contributed by atoms with van der Waals surface area (Å²) in [4.78, 5) is 12.2. The highest BCUT2D eigenvalue weighted by atomic mass is 32.2. The zero-order valence-electron chi connectivity index (χ0n) is 12.2. The lowest BCUT2D eigenvalue weighted by atomic mass is 10.3. The monoisotopic (exact) mass is 281 g/mol. The van der Waals surface area contributed by atoms with Gasteiger partial charge in [0.05, 0.1) is 22.3 Å². The Labute approximate surface area is 119 Å². The van der Waals surface area contributed by atoms with Crippen LogP contribution in [0.4, 0.5) is 5.69 Å². The summed E-state index contributed by atoms with van der Waals surface area (Å²) in [7, 11) is 1.90. The molecule has 0 saturated heterocycles. The molecule has 1 aromatic heterocycles. The number of rotatable bonds is 4. The molecule has 0 radical (unpaired) electrons. The molecular formula is C14H23N3OS. The molecule has 106 valence electrons. The van der Waals surface area contributed by atoms with Crippen molar-refractivity contribution in [1.82, 2.24) is 9.78 Å². The van der Waals surface area contributed by atoms with E-state index in [1.54, 1.807) is 4.68 Å². The van der Waals surface area contributed by atoms with Gasteiger partial charge in [0.25, 0.3) is 0 Å². The van der Waals surface area contributed by atoms with Crippen LogP contribution in [0.15, 0.2) is 0 Å². The molecule has 0 unspecified atom stereocenters. The molecule has 1 aliphatic rings. The van der Waals surface area contributed by atoms with Crippen LogP contribution in [-0.4, -0.2) is 26.2 Å². The summed E-state index contributed by atoms with van der Waals surface area (Å²) in [5.74, 6) is 0.0936. The molecule has 0 bridgehead atoms. The van der Waals surface area contributed by atoms with E-state index >= 15 is 0 Å². The van der Waals surface area contributed by atoms with E-state index < -0.39 is 0 Å². The summed E-state index contributed by atoms with van der Waals surface area (Å²) < 4.78 is 1.81. The summed E-state index contributed by atoms with van der Waals surface area (Å²) in [6, 6.07) is 0. The SMILES string of the molecule is Cc1nn(C)c(C)c1NC(=O)[C@H](C)SC1CCCC1. The predicted octanol–water partition coefficient (Wildman–Crippen LogP) is 3.04. The summed E-state index contributed by atoms with van der Waals surface area (Å²) in [6.45, 7) is 5.90. The minimum absolute atomic E-state index is 0.00195. The van der Waals surface area contributed by atoms with Gasteiger partial charge in [-0.3, -0.25) is 9.48 Å². The largest absolute Gasteiger partial charge is 0.322 e. The van der Waals surface area contributed by atoms with Gasteiger partial charge in [-0.2, -0.15) is 5.10 Å². The molecule has 1 amide bonds. The van der Waals surface area contributed by atoms with Gasteiger partial charge < -0.3 is 5.32 Å². The lowest BCUT2D eigenvalue weighted by molar-refractivity contribution is -0.115. The number of aromatic nitrogens is 2. The number of carbonyl (C=O) groups excluding carboxylic acids is 1. The van der Waals surface area contributed by atoms with E-state index in [4.69, 9.17) is 0 Å². The first-order valence-electron chi connectivity index (χ1n) is 6.95. The van der Waals surface area contributed by atoms with Crippen molar-refractivity contribution in [3.63, 3.8) is 0 Å². The minimum atomic E-state index is 0.00195. The lowest BCUT2D eigenvalue weighted by Gasteiger charge is -2.16. The Bertz CT molecular complexity index is 464. The molecule has 1 heterocycles. The number of amides is 1. The van der Waals surface area contributed by atoms with E-state index in [9.17, 15) is 4.79 Å². The van der Waals surface area contributed by atoms with Crippen LogP contribution in [0, 0.1) is 13.8 Å². The van der Waals surface area contributed by atoms with Crippen LogP contribution in [0.5, 0.6) is 0 Å². The second-order valence-electron chi connectivity index (χ2n) is 5.34. The standard InChI is InChI=1S/C14H23N3OS/c1-9-13(10(2)17(4)16-9)15-14(18)11(3)19-12-7-5-6-8-12/h11-12H,5-8H2,1-4H3,(H,15,18)/t11-/m0/s1. The van der Waals surface area contributed by atoms with Gasteiger partial charge in [0.2, 0.25) is 5.91 Å². The van der Waals surface area contributed by atoms with Gasteiger partial charge in [-0.1, -0.05) is 12.8 Å². The van der Waals surface area contributed by atoms with E-state index in [-0.39, 0.29) is 11.2 Å². The molecule has 4 nitrogen and oxygen atoms in total. The van der Waals surface area contributed by atoms with E-state index in [1.807, 2.05) is 39.6 Å². The third-order valence-electron chi connectivity index (χ3n) is 3.83. The fourth-order valence-corrected chi connectivity index (χ4v) is 3.92. The Morgan fingerprint density at radius 1 is 1.42 bits per heavy atom. The van der Waals surface area contributed by atoms with Crippen LogP contribution in [0.2, 0.25) is 0 Å². The molecule has 19 heavy (non-hydrogen) atoms. The summed E-state index contributed by atoms with van der Waals surface area (Å²) in [6.07, 6.45) is 5.14. The first-order chi connectivity index (χ1) is 8.99. The van der Waals surface area contributed by atoms with Crippen molar-refractivity contribution in [2.75, 3.05) is 5.32 Å². The zero-order valence-corrected chi connectivity index (χ0v) is 13.0. The van der Waals surface area contributed by atoms with Crippen molar-refractivity contribution in [2.45, 2.75) is 57.0 Å². The second kappa shape index (κ2) is 5.99. The second-order valence-corrected chi connectivity index (χ2v) is 6.99. The first-order valence-corrected chi connectivity index (χ1v) is 7.90. The topological polar surface area (TPSA) is 46.9 Å². The molecule has 0 aromatic carbocycles. The minimum Gasteiger partial charge on any atom is -0.322 e. The fraction of sp³-hybridized carbons (Fsp3) is 0.714. The van der Waals surface area contributed by atoms with Gasteiger partial charge >= 0.3 is 0 Å². The Morgan fingerprint density at radius 2 is 2.05 bits per heavy atom. The maximum absolute atomic E-state index is 12.2. The van der Waals surface area contributed by atoms with Crippen LogP contribution in [-0.2, 0) is 11.8 Å². The van der Waals surface area contributed by atoms with E-state index in [0.717, 1.165) is 17.1 Å².